The fourth-order valence-electron chi connectivity index (χ4n) is 2.28. The second-order valence-corrected chi connectivity index (χ2v) is 5.38. The molecule has 0 aliphatic heterocycles. The Kier molecular flexibility index (Phi) is 6.49. The van der Waals surface area contributed by atoms with Gasteiger partial charge in [-0.25, -0.2) is 0 Å². The maximum absolute atomic E-state index is 12.3. The van der Waals surface area contributed by atoms with Gasteiger partial charge in [0.1, 0.15) is 23.1 Å². The van der Waals surface area contributed by atoms with Crippen LogP contribution in [0.2, 0.25) is 0 Å². The summed E-state index contributed by atoms with van der Waals surface area (Å²) in [7, 11) is 3.05. The number of nitrogens with one attached hydrogen (secondary N) is 1. The molecule has 0 bridgehead atoms. The number of ether oxygens (including phenoxy) is 2. The van der Waals surface area contributed by atoms with Crippen LogP contribution in [0.1, 0.15) is 11.1 Å². The number of carbonyl (C=O) groups is 1. The third-order valence-corrected chi connectivity index (χ3v) is 3.71. The van der Waals surface area contributed by atoms with E-state index in [1.165, 1.54) is 37.5 Å². The Hall–Kier alpha value is -3.86. The summed E-state index contributed by atoms with van der Waals surface area (Å²) in [5.41, 5.74) is 1.05. The largest absolute Gasteiger partial charge is 0.497 e. The van der Waals surface area contributed by atoms with E-state index in [1.807, 2.05) is 6.07 Å². The van der Waals surface area contributed by atoms with Gasteiger partial charge in [0.05, 0.1) is 19.1 Å². The van der Waals surface area contributed by atoms with Crippen molar-refractivity contribution >= 4 is 17.7 Å². The van der Waals surface area contributed by atoms with Crippen molar-refractivity contribution in [1.82, 2.24) is 5.32 Å². The molecular formula is C19H17N3O5. The average molecular weight is 367 g/mol. The summed E-state index contributed by atoms with van der Waals surface area (Å²) in [5.74, 6) is 0.610. The number of benzene rings is 2. The minimum absolute atomic E-state index is 0.0679. The van der Waals surface area contributed by atoms with Gasteiger partial charge in [0.25, 0.3) is 11.6 Å². The number of nitro benzene ring substituents is 1. The quantitative estimate of drug-likeness (QED) is 0.348. The van der Waals surface area contributed by atoms with E-state index in [1.54, 1.807) is 25.3 Å². The number of carbonyl (C=O) groups excluding carboxylic acids is 1. The van der Waals surface area contributed by atoms with Crippen molar-refractivity contribution in [3.05, 3.63) is 69.3 Å². The molecule has 2 rings (SSSR count). The van der Waals surface area contributed by atoms with Gasteiger partial charge in [0, 0.05) is 30.3 Å². The molecule has 0 atom stereocenters. The van der Waals surface area contributed by atoms with Crippen LogP contribution in [0.3, 0.4) is 0 Å². The molecule has 0 spiro atoms. The van der Waals surface area contributed by atoms with Crippen LogP contribution in [0.5, 0.6) is 11.5 Å². The highest BCUT2D eigenvalue weighted by Crippen LogP contribution is 2.24. The van der Waals surface area contributed by atoms with E-state index < -0.39 is 10.8 Å². The van der Waals surface area contributed by atoms with Gasteiger partial charge in [0.15, 0.2) is 0 Å². The first-order valence-corrected chi connectivity index (χ1v) is 7.84. The van der Waals surface area contributed by atoms with Gasteiger partial charge in [-0.15, -0.1) is 0 Å². The number of nitro groups is 1. The predicted molar refractivity (Wildman–Crippen MR) is 98.1 cm³/mol. The van der Waals surface area contributed by atoms with Crippen LogP contribution in [-0.4, -0.2) is 25.1 Å². The molecule has 0 unspecified atom stereocenters. The van der Waals surface area contributed by atoms with Crippen LogP contribution < -0.4 is 14.8 Å². The molecular weight excluding hydrogens is 350 g/mol. The lowest BCUT2D eigenvalue weighted by molar-refractivity contribution is -0.384. The Morgan fingerprint density at radius 3 is 2.48 bits per heavy atom. The maximum Gasteiger partial charge on any atom is 0.269 e. The first-order valence-electron chi connectivity index (χ1n) is 7.84. The normalized spacial score (nSPS) is 10.6. The lowest BCUT2D eigenvalue weighted by atomic mass is 10.1. The predicted octanol–water partition coefficient (Wildman–Crippen LogP) is 2.84. The summed E-state index contributed by atoms with van der Waals surface area (Å²) in [6, 6.07) is 12.6. The summed E-state index contributed by atoms with van der Waals surface area (Å²) in [6.07, 6.45) is 1.37. The Labute approximate surface area is 155 Å². The number of nitrogens with zero attached hydrogens (tertiary/aromatic N) is 2. The number of methoxy groups -OCH3 is 2. The lowest BCUT2D eigenvalue weighted by Crippen LogP contribution is -2.24. The van der Waals surface area contributed by atoms with E-state index >= 15 is 0 Å². The van der Waals surface area contributed by atoms with Gasteiger partial charge < -0.3 is 14.8 Å². The second kappa shape index (κ2) is 9.01. The maximum atomic E-state index is 12.3. The van der Waals surface area contributed by atoms with E-state index in [4.69, 9.17) is 9.47 Å². The van der Waals surface area contributed by atoms with Crippen molar-refractivity contribution in [2.45, 2.75) is 6.54 Å². The Bertz CT molecular complexity index is 914. The van der Waals surface area contributed by atoms with Crippen molar-refractivity contribution in [2.75, 3.05) is 14.2 Å². The average Bonchev–Trinajstić information content (AvgIpc) is 2.70. The first kappa shape index (κ1) is 19.5. The molecule has 2 aromatic carbocycles. The highest BCUT2D eigenvalue weighted by Gasteiger charge is 2.12. The molecule has 0 fully saturated rings. The van der Waals surface area contributed by atoms with E-state index in [2.05, 4.69) is 5.32 Å². The zero-order chi connectivity index (χ0) is 19.8. The van der Waals surface area contributed by atoms with Crippen LogP contribution in [0.25, 0.3) is 6.08 Å². The SMILES string of the molecule is COc1ccc(CNC(=O)/C(C#N)=C/c2ccc([N+](=O)[O-])cc2)c(OC)c1. The van der Waals surface area contributed by atoms with Crippen LogP contribution in [-0.2, 0) is 11.3 Å². The molecule has 0 saturated carbocycles. The fourth-order valence-corrected chi connectivity index (χ4v) is 2.28. The number of rotatable bonds is 7. The number of hydrogen-bond donors (Lipinski definition) is 1. The highest BCUT2D eigenvalue weighted by molar-refractivity contribution is 6.01. The molecule has 2 aromatic rings. The van der Waals surface area contributed by atoms with Crippen molar-refractivity contribution in [2.24, 2.45) is 0 Å². The molecule has 8 heteroatoms. The van der Waals surface area contributed by atoms with Gasteiger partial charge >= 0.3 is 0 Å². The van der Waals surface area contributed by atoms with Crippen LogP contribution in [0.15, 0.2) is 48.0 Å². The summed E-state index contributed by atoms with van der Waals surface area (Å²) < 4.78 is 10.4. The van der Waals surface area contributed by atoms with Gasteiger partial charge in [-0.1, -0.05) is 0 Å². The zero-order valence-electron chi connectivity index (χ0n) is 14.8. The number of hydrogen-bond acceptors (Lipinski definition) is 6. The van der Waals surface area contributed by atoms with Crippen molar-refractivity contribution in [3.63, 3.8) is 0 Å². The molecule has 138 valence electrons. The van der Waals surface area contributed by atoms with E-state index in [-0.39, 0.29) is 17.8 Å². The first-order chi connectivity index (χ1) is 13.0. The van der Waals surface area contributed by atoms with Crippen LogP contribution in [0, 0.1) is 21.4 Å². The van der Waals surface area contributed by atoms with Gasteiger partial charge in [0.2, 0.25) is 0 Å². The minimum Gasteiger partial charge on any atom is -0.497 e. The molecule has 8 nitrogen and oxygen atoms in total. The number of non-ortho nitro benzene ring substituents is 1. The fraction of sp³-hybridized carbons (Fsp3) is 0.158. The Morgan fingerprint density at radius 1 is 1.22 bits per heavy atom. The molecule has 0 saturated heterocycles. The van der Waals surface area contributed by atoms with Crippen LogP contribution >= 0.6 is 0 Å². The number of nitriles is 1. The monoisotopic (exact) mass is 367 g/mol. The van der Waals surface area contributed by atoms with Crippen molar-refractivity contribution in [1.29, 1.82) is 5.26 Å². The molecule has 27 heavy (non-hydrogen) atoms. The summed E-state index contributed by atoms with van der Waals surface area (Å²) in [5, 5.41) is 22.6. The summed E-state index contributed by atoms with van der Waals surface area (Å²) >= 11 is 0. The number of amides is 1. The summed E-state index contributed by atoms with van der Waals surface area (Å²) in [6.45, 7) is 0.158. The molecule has 0 aromatic heterocycles. The lowest BCUT2D eigenvalue weighted by Gasteiger charge is -2.11. The van der Waals surface area contributed by atoms with E-state index in [9.17, 15) is 20.2 Å². The van der Waals surface area contributed by atoms with E-state index in [0.717, 1.165) is 5.56 Å². The molecule has 0 heterocycles. The highest BCUT2D eigenvalue weighted by atomic mass is 16.6. The topological polar surface area (TPSA) is 114 Å². The molecule has 1 amide bonds. The molecule has 0 aliphatic rings. The van der Waals surface area contributed by atoms with Gasteiger partial charge in [-0.05, 0) is 35.9 Å². The zero-order valence-corrected chi connectivity index (χ0v) is 14.8. The van der Waals surface area contributed by atoms with Crippen LogP contribution in [0.4, 0.5) is 5.69 Å². The second-order valence-electron chi connectivity index (χ2n) is 5.38. The molecule has 0 aliphatic carbocycles. The Morgan fingerprint density at radius 2 is 1.93 bits per heavy atom. The third-order valence-electron chi connectivity index (χ3n) is 3.71. The summed E-state index contributed by atoms with van der Waals surface area (Å²) in [4.78, 5) is 22.4. The smallest absolute Gasteiger partial charge is 0.269 e. The minimum atomic E-state index is -0.561. The van der Waals surface area contributed by atoms with Crippen molar-refractivity contribution < 1.29 is 19.2 Å². The van der Waals surface area contributed by atoms with Crippen molar-refractivity contribution in [3.8, 4) is 17.6 Å². The molecule has 1 N–H and O–H groups in total. The third kappa shape index (κ3) is 5.06. The molecule has 0 radical (unpaired) electrons. The Balaban J connectivity index is 2.11. The standard InChI is InChI=1S/C19H17N3O5/c1-26-17-8-5-14(18(10-17)27-2)12-21-19(23)15(11-20)9-13-3-6-16(7-4-13)22(24)25/h3-10H,12H2,1-2H3,(H,21,23)/b15-9+. The van der Waals surface area contributed by atoms with E-state index in [0.29, 0.717) is 17.1 Å². The van der Waals surface area contributed by atoms with Gasteiger partial charge in [-0.2, -0.15) is 5.26 Å². The van der Waals surface area contributed by atoms with Gasteiger partial charge in [-0.3, -0.25) is 14.9 Å².